The molecule has 7 heteroatoms. The molecule has 0 aliphatic heterocycles. The maximum absolute atomic E-state index is 11.9. The van der Waals surface area contributed by atoms with E-state index in [1.165, 1.54) is 36.4 Å². The lowest BCUT2D eigenvalue weighted by Crippen LogP contribution is -2.11. The molecule has 0 aromatic heterocycles. The van der Waals surface area contributed by atoms with Gasteiger partial charge >= 0.3 is 0 Å². The molecule has 0 unspecified atom stereocenters. The number of hydrogen-bond donors (Lipinski definition) is 0. The van der Waals surface area contributed by atoms with Crippen molar-refractivity contribution in [3.8, 4) is 5.75 Å². The molecule has 0 amide bonds. The van der Waals surface area contributed by atoms with Crippen molar-refractivity contribution in [2.45, 2.75) is 0 Å². The van der Waals surface area contributed by atoms with Crippen molar-refractivity contribution in [1.82, 2.24) is 0 Å². The van der Waals surface area contributed by atoms with Crippen LogP contribution in [0, 0.1) is 10.1 Å². The molecule has 0 heterocycles. The lowest BCUT2D eigenvalue weighted by atomic mass is 10.1. The molecule has 0 spiro atoms. The van der Waals surface area contributed by atoms with Crippen LogP contribution in [0.25, 0.3) is 0 Å². The molecule has 0 saturated carbocycles. The van der Waals surface area contributed by atoms with E-state index >= 15 is 0 Å². The fourth-order valence-electron chi connectivity index (χ4n) is 1.61. The van der Waals surface area contributed by atoms with Gasteiger partial charge in [0.25, 0.3) is 5.69 Å². The van der Waals surface area contributed by atoms with Gasteiger partial charge < -0.3 is 4.74 Å². The summed E-state index contributed by atoms with van der Waals surface area (Å²) in [5.74, 6) is 0.0729. The minimum atomic E-state index is -0.529. The predicted molar refractivity (Wildman–Crippen MR) is 79.4 cm³/mol. The van der Waals surface area contributed by atoms with Crippen LogP contribution in [0.5, 0.6) is 5.75 Å². The van der Waals surface area contributed by atoms with Crippen LogP contribution < -0.4 is 4.74 Å². The highest BCUT2D eigenvalue weighted by Crippen LogP contribution is 2.24. The van der Waals surface area contributed by atoms with Crippen LogP contribution in [0.3, 0.4) is 0 Å². The molecule has 0 N–H and O–H groups in total. The number of rotatable bonds is 5. The zero-order valence-corrected chi connectivity index (χ0v) is 12.1. The first-order chi connectivity index (χ1) is 9.95. The van der Waals surface area contributed by atoms with Crippen LogP contribution in [-0.2, 0) is 0 Å². The number of halogens is 2. The van der Waals surface area contributed by atoms with E-state index in [1.54, 1.807) is 6.07 Å². The van der Waals surface area contributed by atoms with Gasteiger partial charge in [-0.15, -0.1) is 0 Å². The monoisotopic (exact) mass is 325 g/mol. The minimum Gasteiger partial charge on any atom is -0.485 e. The summed E-state index contributed by atoms with van der Waals surface area (Å²) in [6.45, 7) is -0.214. The van der Waals surface area contributed by atoms with E-state index in [0.29, 0.717) is 21.4 Å². The topological polar surface area (TPSA) is 69.4 Å². The fraction of sp³-hybridized carbons (Fsp3) is 0.0714. The van der Waals surface area contributed by atoms with Crippen LogP contribution in [0.4, 0.5) is 5.69 Å². The van der Waals surface area contributed by atoms with Gasteiger partial charge in [0, 0.05) is 27.7 Å². The van der Waals surface area contributed by atoms with Crippen molar-refractivity contribution < 1.29 is 14.5 Å². The summed E-state index contributed by atoms with van der Waals surface area (Å²) in [6.07, 6.45) is 0. The third-order valence-electron chi connectivity index (χ3n) is 2.61. The Balaban J connectivity index is 2.02. The summed E-state index contributed by atoms with van der Waals surface area (Å²) >= 11 is 11.6. The normalized spacial score (nSPS) is 10.2. The largest absolute Gasteiger partial charge is 0.485 e. The third-order valence-corrected chi connectivity index (χ3v) is 3.04. The molecule has 108 valence electrons. The van der Waals surface area contributed by atoms with Gasteiger partial charge in [0.2, 0.25) is 0 Å². The number of carbonyl (C=O) groups excluding carboxylic acids is 1. The van der Waals surface area contributed by atoms with Gasteiger partial charge in [-0.3, -0.25) is 14.9 Å². The zero-order valence-electron chi connectivity index (χ0n) is 10.6. The van der Waals surface area contributed by atoms with E-state index < -0.39 is 4.92 Å². The smallest absolute Gasteiger partial charge is 0.269 e. The van der Waals surface area contributed by atoms with E-state index in [0.717, 1.165) is 0 Å². The van der Waals surface area contributed by atoms with E-state index in [9.17, 15) is 14.9 Å². The van der Waals surface area contributed by atoms with Gasteiger partial charge in [-0.25, -0.2) is 0 Å². The van der Waals surface area contributed by atoms with Crippen molar-refractivity contribution in [2.24, 2.45) is 0 Å². The van der Waals surface area contributed by atoms with Crippen LogP contribution in [0.1, 0.15) is 10.4 Å². The van der Waals surface area contributed by atoms with Gasteiger partial charge in [0.15, 0.2) is 12.4 Å². The first-order valence-electron chi connectivity index (χ1n) is 5.82. The van der Waals surface area contributed by atoms with Gasteiger partial charge in [-0.1, -0.05) is 23.2 Å². The summed E-state index contributed by atoms with van der Waals surface area (Å²) in [5, 5.41) is 11.3. The SMILES string of the molecule is O=C(COc1cc(Cl)cc(Cl)c1)c1ccc([N+](=O)[O-])cc1. The number of nitro groups is 1. The van der Waals surface area contributed by atoms with Crippen LogP contribution in [-0.4, -0.2) is 17.3 Å². The molecule has 0 saturated heterocycles. The quantitative estimate of drug-likeness (QED) is 0.470. The average molecular weight is 326 g/mol. The molecule has 0 aliphatic rings. The molecule has 0 fully saturated rings. The second kappa shape index (κ2) is 6.56. The molecule has 2 aromatic rings. The van der Waals surface area contributed by atoms with E-state index in [4.69, 9.17) is 27.9 Å². The Morgan fingerprint density at radius 2 is 1.67 bits per heavy atom. The maximum Gasteiger partial charge on any atom is 0.269 e. The van der Waals surface area contributed by atoms with Crippen LogP contribution in [0.2, 0.25) is 10.0 Å². The van der Waals surface area contributed by atoms with Crippen molar-refractivity contribution in [1.29, 1.82) is 0 Å². The number of carbonyl (C=O) groups is 1. The average Bonchev–Trinajstić information content (AvgIpc) is 2.44. The Kier molecular flexibility index (Phi) is 4.77. The number of ether oxygens (including phenoxy) is 1. The number of nitrogens with zero attached hydrogens (tertiary/aromatic N) is 1. The molecule has 0 radical (unpaired) electrons. The molecule has 2 aromatic carbocycles. The number of hydrogen-bond acceptors (Lipinski definition) is 4. The lowest BCUT2D eigenvalue weighted by Gasteiger charge is -2.06. The van der Waals surface area contributed by atoms with E-state index in [2.05, 4.69) is 0 Å². The minimum absolute atomic E-state index is 0.0749. The lowest BCUT2D eigenvalue weighted by molar-refractivity contribution is -0.384. The highest BCUT2D eigenvalue weighted by molar-refractivity contribution is 6.34. The van der Waals surface area contributed by atoms with Crippen LogP contribution in [0.15, 0.2) is 42.5 Å². The molecular weight excluding hydrogens is 317 g/mol. The summed E-state index contributed by atoms with van der Waals surface area (Å²) in [7, 11) is 0. The molecule has 5 nitrogen and oxygen atoms in total. The highest BCUT2D eigenvalue weighted by atomic mass is 35.5. The van der Waals surface area contributed by atoms with Crippen molar-refractivity contribution in [2.75, 3.05) is 6.61 Å². The molecule has 21 heavy (non-hydrogen) atoms. The summed E-state index contributed by atoms with van der Waals surface area (Å²) < 4.78 is 5.31. The number of Topliss-reactive ketones (excluding diaryl/α,β-unsaturated/α-hetero) is 1. The Hall–Kier alpha value is -2.11. The Labute approximate surface area is 130 Å². The molecule has 0 atom stereocenters. The fourth-order valence-corrected chi connectivity index (χ4v) is 2.12. The molecular formula is C14H9Cl2NO4. The van der Waals surface area contributed by atoms with Gasteiger partial charge in [-0.2, -0.15) is 0 Å². The second-order valence-electron chi connectivity index (χ2n) is 4.12. The predicted octanol–water partition coefficient (Wildman–Crippen LogP) is 4.16. The summed E-state index contributed by atoms with van der Waals surface area (Å²) in [5.41, 5.74) is 0.253. The van der Waals surface area contributed by atoms with Gasteiger partial charge in [-0.05, 0) is 30.3 Å². The Morgan fingerprint density at radius 1 is 1.10 bits per heavy atom. The summed E-state index contributed by atoms with van der Waals surface area (Å²) in [6, 6.07) is 9.93. The van der Waals surface area contributed by atoms with E-state index in [-0.39, 0.29) is 18.1 Å². The van der Waals surface area contributed by atoms with Crippen molar-refractivity contribution in [3.63, 3.8) is 0 Å². The first-order valence-corrected chi connectivity index (χ1v) is 6.58. The number of non-ortho nitro benzene ring substituents is 1. The van der Waals surface area contributed by atoms with E-state index in [1.807, 2.05) is 0 Å². The Morgan fingerprint density at radius 3 is 2.19 bits per heavy atom. The van der Waals surface area contributed by atoms with Crippen molar-refractivity contribution in [3.05, 3.63) is 68.2 Å². The molecule has 2 rings (SSSR count). The standard InChI is InChI=1S/C14H9Cl2NO4/c15-10-5-11(16)7-13(6-10)21-8-14(18)9-1-3-12(4-2-9)17(19)20/h1-7H,8H2. The van der Waals surface area contributed by atoms with Gasteiger partial charge in [0.1, 0.15) is 5.75 Å². The molecule has 0 aliphatic carbocycles. The highest BCUT2D eigenvalue weighted by Gasteiger charge is 2.10. The van der Waals surface area contributed by atoms with Crippen molar-refractivity contribution >= 4 is 34.7 Å². The zero-order chi connectivity index (χ0) is 15.4. The van der Waals surface area contributed by atoms with Crippen LogP contribution >= 0.6 is 23.2 Å². The maximum atomic E-state index is 11.9. The number of benzene rings is 2. The Bertz CT molecular complexity index is 666. The number of ketones is 1. The third kappa shape index (κ3) is 4.18. The molecule has 0 bridgehead atoms. The summed E-state index contributed by atoms with van der Waals surface area (Å²) in [4.78, 5) is 21.9. The number of nitro benzene ring substituents is 1. The second-order valence-corrected chi connectivity index (χ2v) is 4.99. The first kappa shape index (κ1) is 15.3. The van der Waals surface area contributed by atoms with Gasteiger partial charge in [0.05, 0.1) is 4.92 Å².